The van der Waals surface area contributed by atoms with Gasteiger partial charge < -0.3 is 11.1 Å². The van der Waals surface area contributed by atoms with Crippen LogP contribution in [-0.2, 0) is 6.42 Å². The number of halogens is 1. The molecular formula is C15H26IN3. The third-order valence-electron chi connectivity index (χ3n) is 2.83. The highest BCUT2D eigenvalue weighted by Gasteiger charge is 1.95. The summed E-state index contributed by atoms with van der Waals surface area (Å²) in [6, 6.07) is 8.58. The van der Waals surface area contributed by atoms with Gasteiger partial charge in [0.1, 0.15) is 0 Å². The van der Waals surface area contributed by atoms with Crippen LogP contribution in [0.3, 0.4) is 0 Å². The summed E-state index contributed by atoms with van der Waals surface area (Å²) in [7, 11) is 0. The van der Waals surface area contributed by atoms with E-state index in [0.717, 1.165) is 25.9 Å². The summed E-state index contributed by atoms with van der Waals surface area (Å²) in [5, 5.41) is 3.15. The Morgan fingerprint density at radius 2 is 1.89 bits per heavy atom. The average Bonchev–Trinajstić information content (AvgIpc) is 2.31. The van der Waals surface area contributed by atoms with E-state index in [1.165, 1.54) is 11.1 Å². The SMILES string of the molecule is Cc1ccc(CCNC(N)=NCCC(C)C)cc1.I. The quantitative estimate of drug-likeness (QED) is 0.456. The molecule has 0 aliphatic heterocycles. The number of hydrogen-bond acceptors (Lipinski definition) is 1. The summed E-state index contributed by atoms with van der Waals surface area (Å²) < 4.78 is 0. The van der Waals surface area contributed by atoms with Gasteiger partial charge in [-0.1, -0.05) is 43.7 Å². The second-order valence-electron chi connectivity index (χ2n) is 5.11. The number of benzene rings is 1. The predicted octanol–water partition coefficient (Wildman–Crippen LogP) is 3.11. The molecule has 1 rings (SSSR count). The third-order valence-corrected chi connectivity index (χ3v) is 2.83. The fourth-order valence-corrected chi connectivity index (χ4v) is 1.59. The van der Waals surface area contributed by atoms with E-state index in [1.54, 1.807) is 0 Å². The molecule has 0 aliphatic carbocycles. The number of guanidine groups is 1. The van der Waals surface area contributed by atoms with Gasteiger partial charge in [-0.3, -0.25) is 4.99 Å². The van der Waals surface area contributed by atoms with Crippen LogP contribution in [0.1, 0.15) is 31.4 Å². The van der Waals surface area contributed by atoms with Crippen molar-refractivity contribution >= 4 is 29.9 Å². The van der Waals surface area contributed by atoms with Crippen LogP contribution in [0.25, 0.3) is 0 Å². The van der Waals surface area contributed by atoms with E-state index in [1.807, 2.05) is 0 Å². The largest absolute Gasteiger partial charge is 0.370 e. The van der Waals surface area contributed by atoms with Crippen molar-refractivity contribution in [1.82, 2.24) is 5.32 Å². The lowest BCUT2D eigenvalue weighted by Crippen LogP contribution is -2.33. The van der Waals surface area contributed by atoms with Crippen molar-refractivity contribution in [3.63, 3.8) is 0 Å². The van der Waals surface area contributed by atoms with E-state index >= 15 is 0 Å². The fraction of sp³-hybridized carbons (Fsp3) is 0.533. The number of rotatable bonds is 6. The minimum atomic E-state index is 0. The molecule has 0 spiro atoms. The summed E-state index contributed by atoms with van der Waals surface area (Å²) in [4.78, 5) is 4.29. The monoisotopic (exact) mass is 375 g/mol. The highest BCUT2D eigenvalue weighted by Crippen LogP contribution is 2.03. The van der Waals surface area contributed by atoms with Crippen LogP contribution in [0.15, 0.2) is 29.3 Å². The number of aliphatic imine (C=N–C) groups is 1. The molecule has 19 heavy (non-hydrogen) atoms. The van der Waals surface area contributed by atoms with Gasteiger partial charge in [0.05, 0.1) is 0 Å². The van der Waals surface area contributed by atoms with E-state index < -0.39 is 0 Å². The Balaban J connectivity index is 0.00000324. The molecule has 0 heterocycles. The van der Waals surface area contributed by atoms with Gasteiger partial charge in [0.25, 0.3) is 0 Å². The molecule has 0 aliphatic rings. The van der Waals surface area contributed by atoms with E-state index in [2.05, 4.69) is 55.3 Å². The molecule has 1 aromatic rings. The molecule has 0 radical (unpaired) electrons. The van der Waals surface area contributed by atoms with E-state index in [9.17, 15) is 0 Å². The minimum Gasteiger partial charge on any atom is -0.370 e. The topological polar surface area (TPSA) is 50.4 Å². The first-order valence-electron chi connectivity index (χ1n) is 6.67. The van der Waals surface area contributed by atoms with Crippen LogP contribution in [0.4, 0.5) is 0 Å². The second kappa shape index (κ2) is 10.1. The first-order valence-corrected chi connectivity index (χ1v) is 6.67. The third kappa shape index (κ3) is 8.86. The molecule has 3 nitrogen and oxygen atoms in total. The lowest BCUT2D eigenvalue weighted by Gasteiger charge is -2.06. The van der Waals surface area contributed by atoms with Gasteiger partial charge in [-0.25, -0.2) is 0 Å². The first-order chi connectivity index (χ1) is 8.58. The highest BCUT2D eigenvalue weighted by atomic mass is 127. The van der Waals surface area contributed by atoms with Crippen LogP contribution in [0.2, 0.25) is 0 Å². The van der Waals surface area contributed by atoms with Crippen molar-refractivity contribution in [2.75, 3.05) is 13.1 Å². The van der Waals surface area contributed by atoms with Gasteiger partial charge >= 0.3 is 0 Å². The Morgan fingerprint density at radius 1 is 1.26 bits per heavy atom. The van der Waals surface area contributed by atoms with Gasteiger partial charge in [0.2, 0.25) is 0 Å². The number of aryl methyl sites for hydroxylation is 1. The number of nitrogens with two attached hydrogens (primary N) is 1. The number of nitrogens with one attached hydrogen (secondary N) is 1. The maximum absolute atomic E-state index is 5.79. The van der Waals surface area contributed by atoms with Crippen molar-refractivity contribution in [1.29, 1.82) is 0 Å². The molecule has 0 atom stereocenters. The molecule has 108 valence electrons. The van der Waals surface area contributed by atoms with Crippen molar-refractivity contribution in [3.05, 3.63) is 35.4 Å². The van der Waals surface area contributed by atoms with Gasteiger partial charge in [-0.05, 0) is 31.2 Å². The first kappa shape index (κ1) is 18.2. The Hall–Kier alpha value is -0.780. The molecule has 0 saturated carbocycles. The summed E-state index contributed by atoms with van der Waals surface area (Å²) in [6.45, 7) is 8.12. The Morgan fingerprint density at radius 3 is 2.47 bits per heavy atom. The Kier molecular flexibility index (Phi) is 9.65. The van der Waals surface area contributed by atoms with E-state index in [-0.39, 0.29) is 24.0 Å². The van der Waals surface area contributed by atoms with Crippen molar-refractivity contribution in [3.8, 4) is 0 Å². The van der Waals surface area contributed by atoms with E-state index in [4.69, 9.17) is 5.73 Å². The van der Waals surface area contributed by atoms with Crippen molar-refractivity contribution in [2.45, 2.75) is 33.6 Å². The lowest BCUT2D eigenvalue weighted by molar-refractivity contribution is 0.595. The normalized spacial score (nSPS) is 11.3. The summed E-state index contributed by atoms with van der Waals surface area (Å²) in [5.74, 6) is 1.23. The fourth-order valence-electron chi connectivity index (χ4n) is 1.59. The number of hydrogen-bond donors (Lipinski definition) is 2. The maximum atomic E-state index is 5.79. The lowest BCUT2D eigenvalue weighted by atomic mass is 10.1. The minimum absolute atomic E-state index is 0. The van der Waals surface area contributed by atoms with Gasteiger partial charge in [0, 0.05) is 13.1 Å². The van der Waals surface area contributed by atoms with Crippen LogP contribution in [0.5, 0.6) is 0 Å². The zero-order valence-corrected chi connectivity index (χ0v) is 14.5. The molecule has 1 aromatic carbocycles. The second-order valence-corrected chi connectivity index (χ2v) is 5.11. The van der Waals surface area contributed by atoms with Crippen molar-refractivity contribution in [2.24, 2.45) is 16.6 Å². The van der Waals surface area contributed by atoms with E-state index in [0.29, 0.717) is 11.9 Å². The molecule has 0 saturated heterocycles. The van der Waals surface area contributed by atoms with Crippen molar-refractivity contribution < 1.29 is 0 Å². The molecule has 0 fully saturated rings. The van der Waals surface area contributed by atoms with Crippen LogP contribution >= 0.6 is 24.0 Å². The van der Waals surface area contributed by atoms with Gasteiger partial charge in [-0.2, -0.15) is 0 Å². The van der Waals surface area contributed by atoms with Crippen LogP contribution in [-0.4, -0.2) is 19.0 Å². The molecule has 4 heteroatoms. The molecule has 0 aromatic heterocycles. The standard InChI is InChI=1S/C15H25N3.HI/c1-12(2)8-10-17-15(16)18-11-9-14-6-4-13(3)5-7-14;/h4-7,12H,8-11H2,1-3H3,(H3,16,17,18);1H. The Labute approximate surface area is 134 Å². The molecule has 0 unspecified atom stereocenters. The zero-order chi connectivity index (χ0) is 13.4. The average molecular weight is 375 g/mol. The van der Waals surface area contributed by atoms with Crippen LogP contribution < -0.4 is 11.1 Å². The zero-order valence-electron chi connectivity index (χ0n) is 12.1. The highest BCUT2D eigenvalue weighted by molar-refractivity contribution is 14.0. The summed E-state index contributed by atoms with van der Waals surface area (Å²) in [6.07, 6.45) is 2.06. The maximum Gasteiger partial charge on any atom is 0.188 e. The smallest absolute Gasteiger partial charge is 0.188 e. The summed E-state index contributed by atoms with van der Waals surface area (Å²) in [5.41, 5.74) is 8.40. The van der Waals surface area contributed by atoms with Gasteiger partial charge in [0.15, 0.2) is 5.96 Å². The van der Waals surface area contributed by atoms with Gasteiger partial charge in [-0.15, -0.1) is 24.0 Å². The summed E-state index contributed by atoms with van der Waals surface area (Å²) >= 11 is 0. The predicted molar refractivity (Wildman–Crippen MR) is 94.2 cm³/mol. The molecule has 0 bridgehead atoms. The Bertz CT molecular complexity index is 371. The molecule has 3 N–H and O–H groups in total. The van der Waals surface area contributed by atoms with Crippen LogP contribution in [0, 0.1) is 12.8 Å². The molecule has 0 amide bonds. The molecular weight excluding hydrogens is 349 g/mol. The number of nitrogens with zero attached hydrogens (tertiary/aromatic N) is 1.